The molecule has 2 rings (SSSR count). The smallest absolute Gasteiger partial charge is 0.251 e. The fraction of sp³-hybridized carbons (Fsp3) is 0.188. The maximum atomic E-state index is 12.2. The summed E-state index contributed by atoms with van der Waals surface area (Å²) in [5.41, 5.74) is 8.87. The molecule has 0 fully saturated rings. The predicted octanol–water partition coefficient (Wildman–Crippen LogP) is 3.72. The number of halogens is 1. The summed E-state index contributed by atoms with van der Waals surface area (Å²) in [6.07, 6.45) is 0. The monoisotopic (exact) mass is 288 g/mol. The molecular formula is C16H17ClN2O. The lowest BCUT2D eigenvalue weighted by molar-refractivity contribution is 0.0940. The van der Waals surface area contributed by atoms with Crippen LogP contribution in [0, 0.1) is 6.92 Å². The van der Waals surface area contributed by atoms with Gasteiger partial charge in [0.05, 0.1) is 6.04 Å². The average Bonchev–Trinajstić information content (AvgIpc) is 2.37. The van der Waals surface area contributed by atoms with E-state index in [1.165, 1.54) is 0 Å². The molecule has 0 aliphatic rings. The van der Waals surface area contributed by atoms with E-state index in [0.29, 0.717) is 16.3 Å². The third-order valence-electron chi connectivity index (χ3n) is 3.07. The van der Waals surface area contributed by atoms with Crippen molar-refractivity contribution in [3.05, 3.63) is 64.2 Å². The van der Waals surface area contributed by atoms with Crippen LogP contribution in [0.15, 0.2) is 42.5 Å². The third-order valence-corrected chi connectivity index (χ3v) is 3.29. The van der Waals surface area contributed by atoms with E-state index in [4.69, 9.17) is 17.3 Å². The van der Waals surface area contributed by atoms with Crippen LogP contribution < -0.4 is 11.1 Å². The largest absolute Gasteiger partial charge is 0.399 e. The van der Waals surface area contributed by atoms with Crippen molar-refractivity contribution in [1.82, 2.24) is 5.32 Å². The number of nitrogens with one attached hydrogen (secondary N) is 1. The van der Waals surface area contributed by atoms with Crippen LogP contribution in [0.2, 0.25) is 5.02 Å². The Hall–Kier alpha value is -2.00. The Kier molecular flexibility index (Phi) is 4.30. The van der Waals surface area contributed by atoms with Crippen LogP contribution >= 0.6 is 11.6 Å². The second-order valence-electron chi connectivity index (χ2n) is 4.88. The zero-order chi connectivity index (χ0) is 14.7. The molecule has 20 heavy (non-hydrogen) atoms. The maximum absolute atomic E-state index is 12.2. The van der Waals surface area contributed by atoms with Crippen molar-refractivity contribution in [3.8, 4) is 0 Å². The van der Waals surface area contributed by atoms with Gasteiger partial charge in [-0.3, -0.25) is 4.79 Å². The molecule has 104 valence electrons. The Morgan fingerprint density at radius 3 is 2.65 bits per heavy atom. The van der Waals surface area contributed by atoms with Crippen molar-refractivity contribution in [2.45, 2.75) is 19.9 Å². The maximum Gasteiger partial charge on any atom is 0.251 e. The van der Waals surface area contributed by atoms with E-state index >= 15 is 0 Å². The van der Waals surface area contributed by atoms with Gasteiger partial charge in [-0.05, 0) is 37.6 Å². The Morgan fingerprint density at radius 1 is 1.25 bits per heavy atom. The summed E-state index contributed by atoms with van der Waals surface area (Å²) in [5.74, 6) is -0.187. The number of nitrogen functional groups attached to an aromatic ring is 1. The average molecular weight is 289 g/mol. The van der Waals surface area contributed by atoms with Crippen LogP contribution in [0.1, 0.15) is 34.5 Å². The lowest BCUT2D eigenvalue weighted by Gasteiger charge is -2.15. The molecule has 0 heterocycles. The zero-order valence-corrected chi connectivity index (χ0v) is 12.2. The highest BCUT2D eigenvalue weighted by molar-refractivity contribution is 6.31. The Balaban J connectivity index is 2.15. The number of aryl methyl sites for hydroxylation is 1. The van der Waals surface area contributed by atoms with Gasteiger partial charge >= 0.3 is 0 Å². The van der Waals surface area contributed by atoms with E-state index in [-0.39, 0.29) is 11.9 Å². The lowest BCUT2D eigenvalue weighted by Crippen LogP contribution is -2.26. The van der Waals surface area contributed by atoms with E-state index in [1.807, 2.05) is 32.0 Å². The molecule has 0 unspecified atom stereocenters. The first-order valence-electron chi connectivity index (χ1n) is 6.39. The molecular weight excluding hydrogens is 272 g/mol. The highest BCUT2D eigenvalue weighted by Crippen LogP contribution is 2.18. The minimum absolute atomic E-state index is 0.0809. The van der Waals surface area contributed by atoms with Crippen molar-refractivity contribution in [2.75, 3.05) is 5.73 Å². The molecule has 0 aliphatic carbocycles. The Bertz CT molecular complexity index is 620. The molecule has 0 radical (unpaired) electrons. The summed E-state index contributed by atoms with van der Waals surface area (Å²) in [6.45, 7) is 3.97. The molecule has 0 aromatic heterocycles. The van der Waals surface area contributed by atoms with Gasteiger partial charge in [0, 0.05) is 16.3 Å². The molecule has 4 heteroatoms. The number of carbonyl (C=O) groups is 1. The number of hydrogen-bond donors (Lipinski definition) is 2. The third kappa shape index (κ3) is 3.52. The fourth-order valence-electron chi connectivity index (χ4n) is 2.05. The number of anilines is 1. The predicted molar refractivity (Wildman–Crippen MR) is 82.9 cm³/mol. The van der Waals surface area contributed by atoms with Crippen molar-refractivity contribution >= 4 is 23.2 Å². The van der Waals surface area contributed by atoms with Crippen LogP contribution in [0.25, 0.3) is 0 Å². The number of nitrogens with two attached hydrogens (primary N) is 1. The second-order valence-corrected chi connectivity index (χ2v) is 5.32. The number of amides is 1. The van der Waals surface area contributed by atoms with Gasteiger partial charge in [0.2, 0.25) is 0 Å². The normalized spacial score (nSPS) is 11.9. The number of hydrogen-bond acceptors (Lipinski definition) is 2. The number of carbonyl (C=O) groups excluding carboxylic acids is 1. The molecule has 2 aromatic rings. The van der Waals surface area contributed by atoms with Crippen LogP contribution in [0.4, 0.5) is 5.69 Å². The van der Waals surface area contributed by atoms with Gasteiger partial charge in [-0.1, -0.05) is 41.4 Å². The zero-order valence-electron chi connectivity index (χ0n) is 11.5. The van der Waals surface area contributed by atoms with E-state index in [1.54, 1.807) is 18.2 Å². The van der Waals surface area contributed by atoms with Gasteiger partial charge in [0.1, 0.15) is 0 Å². The van der Waals surface area contributed by atoms with Crippen molar-refractivity contribution in [3.63, 3.8) is 0 Å². The quantitative estimate of drug-likeness (QED) is 0.846. The first-order chi connectivity index (χ1) is 9.45. The molecule has 3 N–H and O–H groups in total. The van der Waals surface area contributed by atoms with Gasteiger partial charge in [-0.2, -0.15) is 0 Å². The Morgan fingerprint density at radius 2 is 2.00 bits per heavy atom. The van der Waals surface area contributed by atoms with E-state index in [9.17, 15) is 4.79 Å². The molecule has 2 aromatic carbocycles. The number of benzene rings is 2. The molecule has 3 nitrogen and oxygen atoms in total. The first-order valence-corrected chi connectivity index (χ1v) is 6.77. The Labute approximate surface area is 123 Å². The highest BCUT2D eigenvalue weighted by atomic mass is 35.5. The van der Waals surface area contributed by atoms with Crippen LogP contribution in [-0.2, 0) is 0 Å². The second kappa shape index (κ2) is 5.97. The summed E-state index contributed by atoms with van der Waals surface area (Å²) in [6, 6.07) is 12.8. The van der Waals surface area contributed by atoms with Gasteiger partial charge in [0.15, 0.2) is 0 Å². The lowest BCUT2D eigenvalue weighted by atomic mass is 10.1. The minimum Gasteiger partial charge on any atom is -0.399 e. The summed E-state index contributed by atoms with van der Waals surface area (Å²) in [7, 11) is 0. The molecule has 0 saturated heterocycles. The topological polar surface area (TPSA) is 55.1 Å². The summed E-state index contributed by atoms with van der Waals surface area (Å²) >= 11 is 5.91. The molecule has 0 bridgehead atoms. The van der Waals surface area contributed by atoms with Gasteiger partial charge in [0.25, 0.3) is 5.91 Å². The fourth-order valence-corrected chi connectivity index (χ4v) is 2.29. The van der Waals surface area contributed by atoms with Crippen LogP contribution in [0.5, 0.6) is 0 Å². The highest BCUT2D eigenvalue weighted by Gasteiger charge is 2.12. The van der Waals surface area contributed by atoms with Crippen molar-refractivity contribution in [2.24, 2.45) is 0 Å². The van der Waals surface area contributed by atoms with Gasteiger partial charge in [-0.25, -0.2) is 0 Å². The molecule has 0 saturated carbocycles. The van der Waals surface area contributed by atoms with E-state index in [0.717, 1.165) is 11.1 Å². The molecule has 1 amide bonds. The molecule has 1 atom stereocenters. The summed E-state index contributed by atoms with van der Waals surface area (Å²) < 4.78 is 0. The van der Waals surface area contributed by atoms with Crippen molar-refractivity contribution in [1.29, 1.82) is 0 Å². The van der Waals surface area contributed by atoms with Crippen LogP contribution in [0.3, 0.4) is 0 Å². The first kappa shape index (κ1) is 14.4. The van der Waals surface area contributed by atoms with Crippen molar-refractivity contribution < 1.29 is 4.79 Å². The minimum atomic E-state index is -0.187. The SMILES string of the molecule is Cc1cccc([C@@H](C)NC(=O)c2cc(N)cc(Cl)c2)c1. The standard InChI is InChI=1S/C16H17ClN2O/c1-10-4-3-5-12(6-10)11(2)19-16(20)13-7-14(17)9-15(18)8-13/h3-9,11H,18H2,1-2H3,(H,19,20)/t11-/m1/s1. The van der Waals surface area contributed by atoms with Gasteiger partial charge < -0.3 is 11.1 Å². The van der Waals surface area contributed by atoms with Gasteiger partial charge in [-0.15, -0.1) is 0 Å². The van der Waals surface area contributed by atoms with E-state index in [2.05, 4.69) is 11.4 Å². The molecule has 0 spiro atoms. The summed E-state index contributed by atoms with van der Waals surface area (Å²) in [4.78, 5) is 12.2. The summed E-state index contributed by atoms with van der Waals surface area (Å²) in [5, 5.41) is 3.40. The van der Waals surface area contributed by atoms with E-state index < -0.39 is 0 Å². The number of rotatable bonds is 3. The van der Waals surface area contributed by atoms with Crippen LogP contribution in [-0.4, -0.2) is 5.91 Å². The molecule has 0 aliphatic heterocycles.